The van der Waals surface area contributed by atoms with Crippen molar-refractivity contribution in [1.82, 2.24) is 9.71 Å². The lowest BCUT2D eigenvalue weighted by atomic mass is 10.2. The minimum Gasteiger partial charge on any atom is -0.423 e. The van der Waals surface area contributed by atoms with Crippen LogP contribution in [-0.4, -0.2) is 14.9 Å². The van der Waals surface area contributed by atoms with Gasteiger partial charge in [-0.25, -0.2) is 4.98 Å². The number of nitrogens with zero attached hydrogens (tertiary/aromatic N) is 2. The lowest BCUT2D eigenvalue weighted by Gasteiger charge is -2.09. The molecule has 0 aliphatic rings. The molecule has 3 aromatic rings. The van der Waals surface area contributed by atoms with Crippen molar-refractivity contribution in [3.05, 3.63) is 60.8 Å². The Labute approximate surface area is 144 Å². The molecule has 112 valence electrons. The standard InChI is InChI=1S/C14H6Cl4N2O2/c15-7-4-8-12(11(18)5-7)19-13(20(22)14(8)21)6-1-2-9(16)10(17)3-6/h1-5,22H. The molecular weight excluding hydrogens is 370 g/mol. The van der Waals surface area contributed by atoms with Crippen molar-refractivity contribution in [2.24, 2.45) is 0 Å². The van der Waals surface area contributed by atoms with Crippen LogP contribution in [0.1, 0.15) is 0 Å². The van der Waals surface area contributed by atoms with E-state index < -0.39 is 5.56 Å². The van der Waals surface area contributed by atoms with Gasteiger partial charge in [0, 0.05) is 10.6 Å². The number of aromatic nitrogens is 2. The predicted octanol–water partition coefficient (Wildman–Crippen LogP) is 4.91. The highest BCUT2D eigenvalue weighted by Gasteiger charge is 2.15. The Morgan fingerprint density at radius 3 is 2.36 bits per heavy atom. The minimum absolute atomic E-state index is 0.000268. The lowest BCUT2D eigenvalue weighted by Crippen LogP contribution is -2.21. The summed E-state index contributed by atoms with van der Waals surface area (Å²) in [6.45, 7) is 0. The van der Waals surface area contributed by atoms with E-state index in [1.54, 1.807) is 12.1 Å². The maximum atomic E-state index is 12.3. The predicted molar refractivity (Wildman–Crippen MR) is 88.7 cm³/mol. The van der Waals surface area contributed by atoms with Crippen molar-refractivity contribution in [2.75, 3.05) is 0 Å². The summed E-state index contributed by atoms with van der Waals surface area (Å²) in [6.07, 6.45) is 0. The van der Waals surface area contributed by atoms with Gasteiger partial charge in [0.25, 0.3) is 5.56 Å². The van der Waals surface area contributed by atoms with E-state index in [0.717, 1.165) is 0 Å². The Hall–Kier alpha value is -1.46. The maximum absolute atomic E-state index is 12.3. The molecule has 0 fully saturated rings. The van der Waals surface area contributed by atoms with Gasteiger partial charge >= 0.3 is 0 Å². The molecule has 1 N–H and O–H groups in total. The first kappa shape index (κ1) is 15.4. The third-order valence-corrected chi connectivity index (χ3v) is 4.29. The van der Waals surface area contributed by atoms with Crippen LogP contribution in [0.25, 0.3) is 22.3 Å². The van der Waals surface area contributed by atoms with E-state index in [1.165, 1.54) is 18.2 Å². The van der Waals surface area contributed by atoms with E-state index in [9.17, 15) is 10.0 Å². The van der Waals surface area contributed by atoms with Gasteiger partial charge in [-0.05, 0) is 30.3 Å². The van der Waals surface area contributed by atoms with Crippen molar-refractivity contribution in [3.8, 4) is 11.4 Å². The van der Waals surface area contributed by atoms with Crippen molar-refractivity contribution < 1.29 is 5.21 Å². The molecule has 0 radical (unpaired) electrons. The van der Waals surface area contributed by atoms with Gasteiger partial charge in [-0.1, -0.05) is 46.4 Å². The van der Waals surface area contributed by atoms with Crippen molar-refractivity contribution >= 4 is 57.3 Å². The summed E-state index contributed by atoms with van der Waals surface area (Å²) in [5.74, 6) is 0.000268. The first-order chi connectivity index (χ1) is 10.4. The van der Waals surface area contributed by atoms with Crippen LogP contribution in [0.4, 0.5) is 0 Å². The summed E-state index contributed by atoms with van der Waals surface area (Å²) in [5.41, 5.74) is -0.0279. The van der Waals surface area contributed by atoms with Gasteiger partial charge in [-0.3, -0.25) is 4.79 Å². The number of fused-ring (bicyclic) bond motifs is 1. The molecule has 1 heterocycles. The first-order valence-corrected chi connectivity index (χ1v) is 7.46. The molecule has 3 rings (SSSR count). The SMILES string of the molecule is O=c1c2cc(Cl)cc(Cl)c2nc(-c2ccc(Cl)c(Cl)c2)n1O. The maximum Gasteiger partial charge on any atom is 0.294 e. The van der Waals surface area contributed by atoms with Crippen LogP contribution in [0.2, 0.25) is 20.1 Å². The third kappa shape index (κ3) is 2.52. The van der Waals surface area contributed by atoms with Gasteiger partial charge in [0.05, 0.1) is 26.0 Å². The molecule has 0 atom stereocenters. The Kier molecular flexibility index (Phi) is 3.95. The van der Waals surface area contributed by atoms with Crippen LogP contribution in [0.15, 0.2) is 35.1 Å². The molecule has 0 bridgehead atoms. The molecule has 0 aliphatic carbocycles. The highest BCUT2D eigenvalue weighted by atomic mass is 35.5. The largest absolute Gasteiger partial charge is 0.423 e. The van der Waals surface area contributed by atoms with E-state index in [2.05, 4.69) is 4.98 Å². The van der Waals surface area contributed by atoms with Crippen molar-refractivity contribution in [1.29, 1.82) is 0 Å². The van der Waals surface area contributed by atoms with Crippen molar-refractivity contribution in [3.63, 3.8) is 0 Å². The van der Waals surface area contributed by atoms with Gasteiger partial charge in [0.1, 0.15) is 0 Å². The Balaban J connectivity index is 2.38. The van der Waals surface area contributed by atoms with Gasteiger partial charge in [0.15, 0.2) is 5.82 Å². The summed E-state index contributed by atoms with van der Waals surface area (Å²) >= 11 is 23.8. The van der Waals surface area contributed by atoms with E-state index >= 15 is 0 Å². The Morgan fingerprint density at radius 2 is 1.68 bits per heavy atom. The molecule has 8 heteroatoms. The quantitative estimate of drug-likeness (QED) is 0.614. The van der Waals surface area contributed by atoms with Gasteiger partial charge in [0.2, 0.25) is 0 Å². The fourth-order valence-electron chi connectivity index (χ4n) is 2.03. The summed E-state index contributed by atoms with van der Waals surface area (Å²) in [7, 11) is 0. The van der Waals surface area contributed by atoms with Crippen LogP contribution in [0.5, 0.6) is 0 Å². The van der Waals surface area contributed by atoms with E-state index in [1.807, 2.05) is 0 Å². The average Bonchev–Trinajstić information content (AvgIpc) is 2.46. The number of hydrogen-bond donors (Lipinski definition) is 1. The summed E-state index contributed by atoms with van der Waals surface area (Å²) < 4.78 is 0.425. The topological polar surface area (TPSA) is 55.1 Å². The molecular formula is C14H6Cl4N2O2. The second-order valence-corrected chi connectivity index (χ2v) is 6.12. The average molecular weight is 376 g/mol. The molecule has 4 nitrogen and oxygen atoms in total. The van der Waals surface area contributed by atoms with E-state index in [4.69, 9.17) is 46.4 Å². The fourth-order valence-corrected chi connectivity index (χ4v) is 2.86. The number of halogens is 4. The van der Waals surface area contributed by atoms with Gasteiger partial charge in [-0.2, -0.15) is 0 Å². The zero-order chi connectivity index (χ0) is 16.0. The molecule has 0 aliphatic heterocycles. The third-order valence-electron chi connectivity index (χ3n) is 3.05. The minimum atomic E-state index is -0.685. The van der Waals surface area contributed by atoms with Gasteiger partial charge < -0.3 is 5.21 Å². The van der Waals surface area contributed by atoms with Crippen LogP contribution >= 0.6 is 46.4 Å². The monoisotopic (exact) mass is 374 g/mol. The summed E-state index contributed by atoms with van der Waals surface area (Å²) in [5, 5.41) is 11.3. The highest BCUT2D eigenvalue weighted by molar-refractivity contribution is 6.42. The molecule has 0 amide bonds. The van der Waals surface area contributed by atoms with E-state index in [-0.39, 0.29) is 31.8 Å². The number of benzene rings is 2. The summed E-state index contributed by atoms with van der Waals surface area (Å²) in [4.78, 5) is 16.5. The Bertz CT molecular complexity index is 969. The fraction of sp³-hybridized carbons (Fsp3) is 0. The van der Waals surface area contributed by atoms with Gasteiger partial charge in [-0.15, -0.1) is 4.73 Å². The van der Waals surface area contributed by atoms with Crippen molar-refractivity contribution in [2.45, 2.75) is 0 Å². The Morgan fingerprint density at radius 1 is 0.955 bits per heavy atom. The molecule has 1 aromatic heterocycles. The molecule has 0 spiro atoms. The highest BCUT2D eigenvalue weighted by Crippen LogP contribution is 2.30. The lowest BCUT2D eigenvalue weighted by molar-refractivity contribution is 0.178. The smallest absolute Gasteiger partial charge is 0.294 e. The van der Waals surface area contributed by atoms with Crippen LogP contribution in [0.3, 0.4) is 0 Å². The molecule has 0 saturated heterocycles. The second-order valence-electron chi connectivity index (χ2n) is 4.47. The molecule has 2 aromatic carbocycles. The number of rotatable bonds is 1. The summed E-state index contributed by atoms with van der Waals surface area (Å²) in [6, 6.07) is 7.48. The zero-order valence-corrected chi connectivity index (χ0v) is 13.7. The van der Waals surface area contributed by atoms with Crippen LogP contribution in [0, 0.1) is 0 Å². The van der Waals surface area contributed by atoms with Crippen LogP contribution in [-0.2, 0) is 0 Å². The zero-order valence-electron chi connectivity index (χ0n) is 10.6. The molecule has 0 unspecified atom stereocenters. The second kappa shape index (κ2) is 5.63. The number of hydrogen-bond acceptors (Lipinski definition) is 3. The normalized spacial score (nSPS) is 11.1. The molecule has 0 saturated carbocycles. The van der Waals surface area contributed by atoms with E-state index in [0.29, 0.717) is 15.3 Å². The first-order valence-electron chi connectivity index (χ1n) is 5.95. The van der Waals surface area contributed by atoms with Crippen LogP contribution < -0.4 is 5.56 Å². The molecule has 22 heavy (non-hydrogen) atoms.